The van der Waals surface area contributed by atoms with Crippen LogP contribution in [0.5, 0.6) is 0 Å². The molecule has 81 heavy (non-hydrogen) atoms. The van der Waals surface area contributed by atoms with Crippen LogP contribution in [0.4, 0.5) is 0 Å². The van der Waals surface area contributed by atoms with E-state index in [-0.39, 0.29) is 0 Å². The second kappa shape index (κ2) is 58.8. The van der Waals surface area contributed by atoms with E-state index in [0.29, 0.717) is 0 Å². The van der Waals surface area contributed by atoms with Crippen molar-refractivity contribution in [2.24, 2.45) is 0 Å². The molecule has 0 aliphatic rings. The van der Waals surface area contributed by atoms with Crippen LogP contribution < -0.4 is 0 Å². The quantitative estimate of drug-likeness (QED) is 0.0437. The third kappa shape index (κ3) is 66.7. The van der Waals surface area contributed by atoms with Crippen LogP contribution in [0.1, 0.15) is 220 Å². The van der Waals surface area contributed by atoms with Gasteiger partial charge in [-0.05, 0) is 162 Å². The Bertz CT molecular complexity index is 1230. The summed E-state index contributed by atoms with van der Waals surface area (Å²) in [6.45, 7) is 56.6. The van der Waals surface area contributed by atoms with Gasteiger partial charge in [-0.25, -0.2) is 0 Å². The van der Waals surface area contributed by atoms with Crippen molar-refractivity contribution in [3.63, 3.8) is 0 Å². The molecule has 0 amide bonds. The lowest BCUT2D eigenvalue weighted by molar-refractivity contribution is 0.264. The Morgan fingerprint density at radius 2 is 0.370 bits per heavy atom. The molecular weight excluding hydrogens is 1220 g/mol. The van der Waals surface area contributed by atoms with Gasteiger partial charge in [0, 0.05) is 12.1 Å². The SMILES string of the molecule is CCCCCCCCCCC[Si](C)(C)O[SiH](C)C.CCCCCCCCCCC[Si](C)(O[SiH](C)C)O[SiH](C)C.CCCCCCCCCCC[Si](O[SiH](C)C)(O[SiH](C)C)O[SiH](C)C.CCCCC[Si](O[SiH](C)C)(O[SiH](C)C)O[SiH](C)C. The number of unbranched alkanes of at least 4 members (excludes halogenated alkanes) is 26. The van der Waals surface area contributed by atoms with Gasteiger partial charge in [0.05, 0.1) is 0 Å². The first-order chi connectivity index (χ1) is 38.0. The van der Waals surface area contributed by atoms with Gasteiger partial charge in [0.15, 0.2) is 89.7 Å². The zero-order valence-electron chi connectivity index (χ0n) is 59.9. The molecule has 0 N–H and O–H groups in total. The highest BCUT2D eigenvalue weighted by molar-refractivity contribution is 6.81. The average Bonchev–Trinajstić information content (AvgIpc) is 3.31. The van der Waals surface area contributed by atoms with Crippen LogP contribution in [-0.2, 0) is 37.0 Å². The Morgan fingerprint density at radius 3 is 0.593 bits per heavy atom. The normalized spacial score (nSPS) is 12.7. The Hall–Kier alpha value is 2.46. The molecule has 22 heteroatoms. The van der Waals surface area contributed by atoms with Crippen LogP contribution >= 0.6 is 0 Å². The first kappa shape index (κ1) is 89.9. The standard InChI is InChI=1S/C17H44O3Si4.C16H40O2Si3.C15H36OSi2.C11H32O3Si4/c1-8-9-10-11-12-13-14-15-16-17-24(18-21(2)3,19-22(4)5)20-23(6)7;1-7-8-9-10-11-12-13-14-15-16-21(6,17-19(2)3)18-20(4)5;1-6-7-8-9-10-11-12-13-14-15-18(4,5)16-17(2)3;1-8-9-10-11-18(12-15(2)3,13-16(4)5)14-17(6)7/h21-23H,8-17H2,1-7H3;19-20H,7-16H2,1-6H3;17H,6-15H2,1-5H3;15-17H,8-11H2,1-7H3. The highest BCUT2D eigenvalue weighted by atomic mass is 28.5. The summed E-state index contributed by atoms with van der Waals surface area (Å²) >= 11 is 0. The van der Waals surface area contributed by atoms with E-state index in [0.717, 1.165) is 12.1 Å². The monoisotopic (exact) mass is 1370 g/mol. The molecule has 494 valence electrons. The minimum Gasteiger partial charge on any atom is -0.458 e. The summed E-state index contributed by atoms with van der Waals surface area (Å²) in [5.41, 5.74) is 0. The van der Waals surface area contributed by atoms with E-state index in [2.05, 4.69) is 165 Å². The van der Waals surface area contributed by atoms with E-state index >= 15 is 0 Å². The predicted octanol–water partition coefficient (Wildman–Crippen LogP) is 19.9. The summed E-state index contributed by atoms with van der Waals surface area (Å²) in [4.78, 5) is 0. The van der Waals surface area contributed by atoms with Gasteiger partial charge in [0.1, 0.15) is 0 Å². The minimum atomic E-state index is -2.39. The Morgan fingerprint density at radius 1 is 0.198 bits per heavy atom. The largest absolute Gasteiger partial charge is 0.468 e. The van der Waals surface area contributed by atoms with Crippen LogP contribution in [-0.4, -0.2) is 116 Å². The molecule has 0 aromatic rings. The fourth-order valence-electron chi connectivity index (χ4n) is 10.4. The molecule has 0 radical (unpaired) electrons. The molecule has 0 aromatic heterocycles. The molecule has 0 aliphatic carbocycles. The maximum Gasteiger partial charge on any atom is 0.468 e. The molecule has 0 bridgehead atoms. The Labute approximate surface area is 530 Å². The van der Waals surface area contributed by atoms with Crippen LogP contribution in [0.3, 0.4) is 0 Å². The molecule has 0 heterocycles. The van der Waals surface area contributed by atoms with Crippen molar-refractivity contribution in [2.45, 2.75) is 382 Å². The smallest absolute Gasteiger partial charge is 0.458 e. The first-order valence-corrected chi connectivity index (χ1v) is 69.6. The van der Waals surface area contributed by atoms with Crippen LogP contribution in [0.15, 0.2) is 0 Å². The number of hydrogen-bond donors (Lipinski definition) is 0. The van der Waals surface area contributed by atoms with Gasteiger partial charge in [-0.1, -0.05) is 207 Å². The summed E-state index contributed by atoms with van der Waals surface area (Å²) < 4.78 is 57.0. The van der Waals surface area contributed by atoms with Crippen molar-refractivity contribution in [3.05, 3.63) is 0 Å². The van der Waals surface area contributed by atoms with Crippen molar-refractivity contribution < 1.29 is 37.0 Å². The first-order valence-electron chi connectivity index (χ1n) is 35.1. The maximum absolute atomic E-state index is 6.43. The lowest BCUT2D eigenvalue weighted by Crippen LogP contribution is -2.53. The van der Waals surface area contributed by atoms with Crippen molar-refractivity contribution >= 4 is 116 Å². The molecule has 0 saturated heterocycles. The van der Waals surface area contributed by atoms with Gasteiger partial charge < -0.3 is 37.0 Å². The zero-order chi connectivity index (χ0) is 62.6. The molecule has 0 spiro atoms. The molecule has 0 fully saturated rings. The Balaban J connectivity index is -0.000000491. The summed E-state index contributed by atoms with van der Waals surface area (Å²) in [5, 5.41) is 0. The van der Waals surface area contributed by atoms with Crippen molar-refractivity contribution in [1.29, 1.82) is 0 Å². The molecular formula is C59H152O9Si13. The van der Waals surface area contributed by atoms with Gasteiger partial charge in [0.2, 0.25) is 0 Å². The highest BCUT2D eigenvalue weighted by Gasteiger charge is 2.43. The fraction of sp³-hybridized carbons (Fsp3) is 1.00. The summed E-state index contributed by atoms with van der Waals surface area (Å²) in [6.07, 6.45) is 41.3. The molecule has 0 unspecified atom stereocenters. The minimum absolute atomic E-state index is 0.815. The topological polar surface area (TPSA) is 83.1 Å². The summed E-state index contributed by atoms with van der Waals surface area (Å²) in [7, 11) is -17.4. The summed E-state index contributed by atoms with van der Waals surface area (Å²) in [6, 6.07) is 4.65. The molecule has 0 saturated carbocycles. The van der Waals surface area contributed by atoms with E-state index in [1.807, 2.05) is 0 Å². The van der Waals surface area contributed by atoms with Gasteiger partial charge >= 0.3 is 26.2 Å². The zero-order valence-corrected chi connectivity index (χ0v) is 74.3. The molecule has 0 atom stereocenters. The second-order valence-electron chi connectivity index (χ2n) is 27.0. The number of rotatable bonds is 52. The predicted molar refractivity (Wildman–Crippen MR) is 401 cm³/mol. The Kier molecular flexibility index (Phi) is 65.3. The van der Waals surface area contributed by atoms with Crippen molar-refractivity contribution in [2.75, 3.05) is 0 Å². The summed E-state index contributed by atoms with van der Waals surface area (Å²) in [5.74, 6) is 0. The van der Waals surface area contributed by atoms with Gasteiger partial charge in [0.25, 0.3) is 0 Å². The van der Waals surface area contributed by atoms with Crippen molar-refractivity contribution in [3.8, 4) is 0 Å². The lowest BCUT2D eigenvalue weighted by atomic mass is 10.1. The van der Waals surface area contributed by atoms with Gasteiger partial charge in [-0.15, -0.1) is 0 Å². The average molecular weight is 1370 g/mol. The van der Waals surface area contributed by atoms with Gasteiger partial charge in [-0.3, -0.25) is 0 Å². The molecule has 0 aliphatic heterocycles. The molecule has 9 nitrogen and oxygen atoms in total. The molecule has 0 rings (SSSR count). The fourth-order valence-corrected chi connectivity index (χ4v) is 53.4. The van der Waals surface area contributed by atoms with E-state index in [9.17, 15) is 0 Å². The number of hydrogen-bond acceptors (Lipinski definition) is 9. The lowest BCUT2D eigenvalue weighted by Gasteiger charge is -2.35. The third-order valence-corrected chi connectivity index (χ3v) is 50.2. The van der Waals surface area contributed by atoms with Crippen LogP contribution in [0, 0.1) is 0 Å². The van der Waals surface area contributed by atoms with E-state index in [4.69, 9.17) is 37.0 Å². The molecule has 0 aromatic carbocycles. The van der Waals surface area contributed by atoms with E-state index in [1.165, 1.54) is 205 Å². The van der Waals surface area contributed by atoms with E-state index < -0.39 is 116 Å². The van der Waals surface area contributed by atoms with Gasteiger partial charge in [-0.2, -0.15) is 0 Å². The van der Waals surface area contributed by atoms with Crippen molar-refractivity contribution in [1.82, 2.24) is 0 Å². The third-order valence-electron chi connectivity index (χ3n) is 13.3. The highest BCUT2D eigenvalue weighted by Crippen LogP contribution is 2.26. The second-order valence-corrected chi connectivity index (χ2v) is 64.8. The van der Waals surface area contributed by atoms with E-state index in [1.54, 1.807) is 0 Å². The van der Waals surface area contributed by atoms with Crippen LogP contribution in [0.25, 0.3) is 0 Å². The maximum atomic E-state index is 6.43. The van der Waals surface area contributed by atoms with Crippen LogP contribution in [0.2, 0.25) is 162 Å².